The normalized spacial score (nSPS) is 17.5. The van der Waals surface area contributed by atoms with E-state index in [1.807, 2.05) is 0 Å². The zero-order valence-corrected chi connectivity index (χ0v) is 17.0. The quantitative estimate of drug-likeness (QED) is 0.682. The number of aliphatic hydroxyl groups excluding tert-OH is 1. The predicted molar refractivity (Wildman–Crippen MR) is 114 cm³/mol. The lowest BCUT2D eigenvalue weighted by atomic mass is 10.0. The summed E-state index contributed by atoms with van der Waals surface area (Å²) in [6.45, 7) is 8.16. The van der Waals surface area contributed by atoms with E-state index in [-0.39, 0.29) is 12.1 Å². The molecule has 1 aliphatic heterocycles. The molecule has 0 saturated carbocycles. The topological polar surface area (TPSA) is 35.9 Å². The highest BCUT2D eigenvalue weighted by Gasteiger charge is 2.28. The van der Waals surface area contributed by atoms with Crippen LogP contribution in [0.3, 0.4) is 0 Å². The molecule has 1 N–H and O–H groups in total. The van der Waals surface area contributed by atoms with Gasteiger partial charge in [-0.25, -0.2) is 0 Å². The molecule has 1 fully saturated rings. The molecular formula is C24H34N2O2. The summed E-state index contributed by atoms with van der Waals surface area (Å²) in [6.07, 6.45) is 1.49. The minimum atomic E-state index is -0.333. The Morgan fingerprint density at radius 3 is 1.96 bits per heavy atom. The average Bonchev–Trinajstić information content (AvgIpc) is 2.74. The van der Waals surface area contributed by atoms with Gasteiger partial charge in [0.1, 0.15) is 0 Å². The first-order chi connectivity index (χ1) is 13.8. The van der Waals surface area contributed by atoms with Crippen molar-refractivity contribution < 1.29 is 9.84 Å². The molecule has 1 saturated heterocycles. The molecule has 4 nitrogen and oxygen atoms in total. The third kappa shape index (κ3) is 6.42. The van der Waals surface area contributed by atoms with Crippen LogP contribution >= 0.6 is 0 Å². The fraction of sp³-hybridized carbons (Fsp3) is 0.500. The number of morpholine rings is 1. The molecule has 0 bridgehead atoms. The molecular weight excluding hydrogens is 348 g/mol. The fourth-order valence-electron chi connectivity index (χ4n) is 3.94. The largest absolute Gasteiger partial charge is 0.391 e. The highest BCUT2D eigenvalue weighted by atomic mass is 16.5. The van der Waals surface area contributed by atoms with Crippen LogP contribution in [0.1, 0.15) is 30.9 Å². The second kappa shape index (κ2) is 11.3. The van der Waals surface area contributed by atoms with Gasteiger partial charge in [0, 0.05) is 38.8 Å². The van der Waals surface area contributed by atoms with Gasteiger partial charge in [-0.05, 0) is 17.5 Å². The first-order valence-electron chi connectivity index (χ1n) is 10.6. The highest BCUT2D eigenvalue weighted by Crippen LogP contribution is 2.19. The summed E-state index contributed by atoms with van der Waals surface area (Å²) in [5, 5.41) is 11.1. The molecule has 2 aromatic carbocycles. The van der Waals surface area contributed by atoms with E-state index in [2.05, 4.69) is 77.4 Å². The molecule has 0 aromatic heterocycles. The summed E-state index contributed by atoms with van der Waals surface area (Å²) in [6, 6.07) is 21.3. The van der Waals surface area contributed by atoms with Crippen LogP contribution < -0.4 is 0 Å². The number of benzene rings is 2. The summed E-state index contributed by atoms with van der Waals surface area (Å²) in [4.78, 5) is 4.90. The van der Waals surface area contributed by atoms with Crippen LogP contribution in [0.2, 0.25) is 0 Å². The minimum absolute atomic E-state index is 0.0958. The van der Waals surface area contributed by atoms with Crippen molar-refractivity contribution in [1.82, 2.24) is 9.80 Å². The Kier molecular flexibility index (Phi) is 8.49. The van der Waals surface area contributed by atoms with E-state index >= 15 is 0 Å². The lowest BCUT2D eigenvalue weighted by molar-refractivity contribution is -0.0160. The van der Waals surface area contributed by atoms with Crippen molar-refractivity contribution >= 4 is 0 Å². The lowest BCUT2D eigenvalue weighted by Gasteiger charge is -2.39. The van der Waals surface area contributed by atoms with E-state index < -0.39 is 0 Å². The summed E-state index contributed by atoms with van der Waals surface area (Å²) < 4.78 is 5.52. The maximum absolute atomic E-state index is 11.1. The Labute approximate surface area is 169 Å². The number of hydrogen-bond donors (Lipinski definition) is 1. The van der Waals surface area contributed by atoms with Crippen molar-refractivity contribution in [3.05, 3.63) is 71.8 Å². The van der Waals surface area contributed by atoms with Crippen molar-refractivity contribution in [1.29, 1.82) is 0 Å². The number of rotatable bonds is 10. The van der Waals surface area contributed by atoms with Gasteiger partial charge in [-0.15, -0.1) is 0 Å². The molecule has 1 heterocycles. The monoisotopic (exact) mass is 382 g/mol. The standard InChI is InChI=1S/C24H34N2O2/c1-2-9-24(27)23(20-25-14-16-28-17-15-25)26(18-21-10-5-3-6-11-21)19-22-12-7-4-8-13-22/h3-8,10-13,23-24,27H,2,9,14-20H2,1H3/t23-,24+/m0/s1. The Morgan fingerprint density at radius 2 is 1.46 bits per heavy atom. The Bertz CT molecular complexity index is 617. The Balaban J connectivity index is 1.82. The second-order valence-corrected chi connectivity index (χ2v) is 7.71. The first kappa shape index (κ1) is 21.0. The predicted octanol–water partition coefficient (Wildman–Crippen LogP) is 3.55. The molecule has 1 aliphatic rings. The van der Waals surface area contributed by atoms with E-state index in [9.17, 15) is 5.11 Å². The van der Waals surface area contributed by atoms with E-state index in [4.69, 9.17) is 4.74 Å². The zero-order valence-electron chi connectivity index (χ0n) is 17.0. The minimum Gasteiger partial charge on any atom is -0.391 e. The lowest BCUT2D eigenvalue weighted by Crippen LogP contribution is -2.52. The van der Waals surface area contributed by atoms with Crippen molar-refractivity contribution in [2.45, 2.75) is 45.0 Å². The number of hydrogen-bond acceptors (Lipinski definition) is 4. The second-order valence-electron chi connectivity index (χ2n) is 7.71. The Morgan fingerprint density at radius 1 is 0.929 bits per heavy atom. The number of aliphatic hydroxyl groups is 1. The van der Waals surface area contributed by atoms with E-state index in [1.54, 1.807) is 0 Å². The van der Waals surface area contributed by atoms with Crippen LogP contribution in [0.25, 0.3) is 0 Å². The molecule has 4 heteroatoms. The summed E-state index contributed by atoms with van der Waals surface area (Å²) >= 11 is 0. The van der Waals surface area contributed by atoms with Crippen LogP contribution in [0, 0.1) is 0 Å². The van der Waals surface area contributed by atoms with Crippen LogP contribution in [-0.2, 0) is 17.8 Å². The maximum atomic E-state index is 11.1. The van der Waals surface area contributed by atoms with Crippen LogP contribution in [-0.4, -0.2) is 59.9 Å². The van der Waals surface area contributed by atoms with E-state index in [0.29, 0.717) is 0 Å². The van der Waals surface area contributed by atoms with Gasteiger partial charge in [0.15, 0.2) is 0 Å². The Hall–Kier alpha value is -1.72. The molecule has 2 aromatic rings. The van der Waals surface area contributed by atoms with Gasteiger partial charge in [-0.3, -0.25) is 9.80 Å². The SMILES string of the molecule is CCC[C@@H](O)[C@H](CN1CCOCC1)N(Cc1ccccc1)Cc1ccccc1. The zero-order chi connectivity index (χ0) is 19.6. The van der Waals surface area contributed by atoms with Crippen LogP contribution in [0.5, 0.6) is 0 Å². The maximum Gasteiger partial charge on any atom is 0.0708 e. The third-order valence-electron chi connectivity index (χ3n) is 5.50. The van der Waals surface area contributed by atoms with Crippen molar-refractivity contribution in [2.24, 2.45) is 0 Å². The van der Waals surface area contributed by atoms with Gasteiger partial charge < -0.3 is 9.84 Å². The average molecular weight is 383 g/mol. The smallest absolute Gasteiger partial charge is 0.0708 e. The first-order valence-corrected chi connectivity index (χ1v) is 10.6. The van der Waals surface area contributed by atoms with Crippen LogP contribution in [0.15, 0.2) is 60.7 Å². The molecule has 0 unspecified atom stereocenters. The summed E-state index contributed by atoms with van der Waals surface area (Å²) in [5.41, 5.74) is 2.57. The van der Waals surface area contributed by atoms with Gasteiger partial charge in [0.05, 0.1) is 19.3 Å². The molecule has 0 radical (unpaired) electrons. The van der Waals surface area contributed by atoms with Gasteiger partial charge in [0.2, 0.25) is 0 Å². The van der Waals surface area contributed by atoms with Gasteiger partial charge in [0.25, 0.3) is 0 Å². The molecule has 0 spiro atoms. The molecule has 0 amide bonds. The third-order valence-corrected chi connectivity index (χ3v) is 5.50. The van der Waals surface area contributed by atoms with Gasteiger partial charge in [-0.1, -0.05) is 74.0 Å². The van der Waals surface area contributed by atoms with Crippen molar-refractivity contribution in [3.63, 3.8) is 0 Å². The van der Waals surface area contributed by atoms with E-state index in [1.165, 1.54) is 11.1 Å². The molecule has 152 valence electrons. The van der Waals surface area contributed by atoms with Gasteiger partial charge >= 0.3 is 0 Å². The highest BCUT2D eigenvalue weighted by molar-refractivity contribution is 5.17. The van der Waals surface area contributed by atoms with Crippen molar-refractivity contribution in [2.75, 3.05) is 32.8 Å². The molecule has 2 atom stereocenters. The summed E-state index contributed by atoms with van der Waals surface area (Å²) in [7, 11) is 0. The summed E-state index contributed by atoms with van der Waals surface area (Å²) in [5.74, 6) is 0. The van der Waals surface area contributed by atoms with E-state index in [0.717, 1.165) is 58.8 Å². The number of ether oxygens (including phenoxy) is 1. The van der Waals surface area contributed by atoms with Crippen molar-refractivity contribution in [3.8, 4) is 0 Å². The fourth-order valence-corrected chi connectivity index (χ4v) is 3.94. The van der Waals surface area contributed by atoms with Crippen LogP contribution in [0.4, 0.5) is 0 Å². The molecule has 0 aliphatic carbocycles. The molecule has 3 rings (SSSR count). The van der Waals surface area contributed by atoms with Gasteiger partial charge in [-0.2, -0.15) is 0 Å². The molecule has 28 heavy (non-hydrogen) atoms. The number of nitrogens with zero attached hydrogens (tertiary/aromatic N) is 2.